The summed E-state index contributed by atoms with van der Waals surface area (Å²) in [7, 11) is 0. The van der Waals surface area contributed by atoms with E-state index in [9.17, 15) is 0 Å². The molecule has 3 rings (SSSR count). The first kappa shape index (κ1) is 11.8. The Labute approximate surface area is 117 Å². The Balaban J connectivity index is 2.17. The molecule has 3 aromatic rings. The molecule has 0 atom stereocenters. The van der Waals surface area contributed by atoms with Gasteiger partial charge >= 0.3 is 0 Å². The second-order valence-corrected chi connectivity index (χ2v) is 6.10. The highest BCUT2D eigenvalue weighted by Crippen LogP contribution is 2.31. The smallest absolute Gasteiger partial charge is 0.187 e. The van der Waals surface area contributed by atoms with Crippen LogP contribution in [0.2, 0.25) is 0 Å². The highest BCUT2D eigenvalue weighted by Gasteiger charge is 2.15. The van der Waals surface area contributed by atoms with Crippen LogP contribution in [0.25, 0.3) is 15.5 Å². The molecule has 0 amide bonds. The second-order valence-electron chi connectivity index (χ2n) is 4.29. The number of rotatable bonds is 2. The van der Waals surface area contributed by atoms with E-state index in [1.54, 1.807) is 11.3 Å². The van der Waals surface area contributed by atoms with E-state index in [-0.39, 0.29) is 0 Å². The van der Waals surface area contributed by atoms with Crippen molar-refractivity contribution in [2.75, 3.05) is 0 Å². The fourth-order valence-electron chi connectivity index (χ4n) is 1.74. The van der Waals surface area contributed by atoms with E-state index in [4.69, 9.17) is 0 Å². The van der Waals surface area contributed by atoms with Crippen LogP contribution in [0.3, 0.4) is 0 Å². The molecule has 0 aliphatic heterocycles. The Morgan fingerprint density at radius 1 is 1.22 bits per heavy atom. The second kappa shape index (κ2) is 4.44. The van der Waals surface area contributed by atoms with Crippen molar-refractivity contribution in [1.82, 2.24) is 19.8 Å². The first-order valence-corrected chi connectivity index (χ1v) is 7.25. The standard InChI is InChI=1S/C12H11BrN4S/c1-7(2)10-14-15-12-17(10)16-11(18-12)8-5-3-4-6-9(8)13/h3-7H,1-2H3. The Morgan fingerprint density at radius 3 is 2.72 bits per heavy atom. The maximum Gasteiger partial charge on any atom is 0.234 e. The minimum Gasteiger partial charge on any atom is -0.187 e. The van der Waals surface area contributed by atoms with Crippen molar-refractivity contribution in [2.24, 2.45) is 0 Å². The lowest BCUT2D eigenvalue weighted by Crippen LogP contribution is -1.97. The van der Waals surface area contributed by atoms with Crippen molar-refractivity contribution >= 4 is 32.2 Å². The molecule has 0 spiro atoms. The lowest BCUT2D eigenvalue weighted by Gasteiger charge is -1.99. The molecule has 2 heterocycles. The summed E-state index contributed by atoms with van der Waals surface area (Å²) in [5.74, 6) is 1.22. The van der Waals surface area contributed by atoms with E-state index in [0.717, 1.165) is 25.8 Å². The Morgan fingerprint density at radius 2 is 2.00 bits per heavy atom. The van der Waals surface area contributed by atoms with Gasteiger partial charge in [-0.25, -0.2) is 0 Å². The van der Waals surface area contributed by atoms with Crippen molar-refractivity contribution in [3.05, 3.63) is 34.6 Å². The Bertz CT molecular complexity index is 701. The summed E-state index contributed by atoms with van der Waals surface area (Å²) in [6.45, 7) is 4.18. The molecule has 0 aliphatic carbocycles. The lowest BCUT2D eigenvalue weighted by molar-refractivity contribution is 0.727. The van der Waals surface area contributed by atoms with Gasteiger partial charge < -0.3 is 0 Å². The number of benzene rings is 1. The van der Waals surface area contributed by atoms with E-state index in [1.165, 1.54) is 0 Å². The number of hydrogen-bond acceptors (Lipinski definition) is 4. The highest BCUT2D eigenvalue weighted by molar-refractivity contribution is 9.10. The van der Waals surface area contributed by atoms with Gasteiger partial charge in [0.05, 0.1) is 0 Å². The molecule has 0 radical (unpaired) electrons. The fourth-order valence-corrected chi connectivity index (χ4v) is 3.23. The van der Waals surface area contributed by atoms with Crippen molar-refractivity contribution in [3.8, 4) is 10.6 Å². The third-order valence-electron chi connectivity index (χ3n) is 2.64. The average Bonchev–Trinajstić information content (AvgIpc) is 2.88. The molecule has 1 aromatic carbocycles. The fraction of sp³-hybridized carbons (Fsp3) is 0.250. The van der Waals surface area contributed by atoms with E-state index in [0.29, 0.717) is 5.92 Å². The summed E-state index contributed by atoms with van der Waals surface area (Å²) in [5, 5.41) is 13.9. The number of aromatic nitrogens is 4. The zero-order valence-electron chi connectivity index (χ0n) is 9.96. The monoisotopic (exact) mass is 322 g/mol. The van der Waals surface area contributed by atoms with E-state index >= 15 is 0 Å². The molecule has 0 N–H and O–H groups in total. The third-order valence-corrected chi connectivity index (χ3v) is 4.26. The summed E-state index contributed by atoms with van der Waals surface area (Å²) < 4.78 is 2.88. The molecule has 18 heavy (non-hydrogen) atoms. The van der Waals surface area contributed by atoms with Crippen LogP contribution < -0.4 is 0 Å². The van der Waals surface area contributed by atoms with Crippen LogP contribution in [0.5, 0.6) is 0 Å². The van der Waals surface area contributed by atoms with E-state index < -0.39 is 0 Å². The van der Waals surface area contributed by atoms with Gasteiger partial charge in [0.25, 0.3) is 0 Å². The summed E-state index contributed by atoms with van der Waals surface area (Å²) in [4.78, 5) is 0.837. The maximum atomic E-state index is 4.61. The van der Waals surface area contributed by atoms with Crippen LogP contribution in [0.1, 0.15) is 25.6 Å². The topological polar surface area (TPSA) is 43.1 Å². The van der Waals surface area contributed by atoms with E-state index in [1.807, 2.05) is 28.8 Å². The summed E-state index contributed by atoms with van der Waals surface area (Å²) >= 11 is 5.10. The molecule has 92 valence electrons. The molecule has 0 bridgehead atoms. The predicted octanol–water partition coefficient (Wildman–Crippen LogP) is 3.74. The van der Waals surface area contributed by atoms with Crippen molar-refractivity contribution in [3.63, 3.8) is 0 Å². The number of hydrogen-bond donors (Lipinski definition) is 0. The maximum absolute atomic E-state index is 4.61. The van der Waals surface area contributed by atoms with Gasteiger partial charge in [0.2, 0.25) is 4.96 Å². The molecular weight excluding hydrogens is 312 g/mol. The Hall–Kier alpha value is -1.27. The minimum atomic E-state index is 0.314. The van der Waals surface area contributed by atoms with Gasteiger partial charge in [-0.1, -0.05) is 59.3 Å². The summed E-state index contributed by atoms with van der Waals surface area (Å²) in [6.07, 6.45) is 0. The summed E-state index contributed by atoms with van der Waals surface area (Å²) in [5.41, 5.74) is 1.09. The van der Waals surface area contributed by atoms with Gasteiger partial charge in [-0.2, -0.15) is 9.61 Å². The van der Waals surface area contributed by atoms with Crippen molar-refractivity contribution in [2.45, 2.75) is 19.8 Å². The van der Waals surface area contributed by atoms with Gasteiger partial charge in [0.1, 0.15) is 5.01 Å². The lowest BCUT2D eigenvalue weighted by atomic mass is 10.2. The zero-order valence-corrected chi connectivity index (χ0v) is 12.4. The van der Waals surface area contributed by atoms with Gasteiger partial charge in [-0.15, -0.1) is 10.2 Å². The first-order chi connectivity index (χ1) is 8.66. The number of nitrogens with zero attached hydrogens (tertiary/aromatic N) is 4. The van der Waals surface area contributed by atoms with Crippen molar-refractivity contribution < 1.29 is 0 Å². The number of halogens is 1. The van der Waals surface area contributed by atoms with Crippen LogP contribution in [-0.2, 0) is 0 Å². The van der Waals surface area contributed by atoms with Crippen LogP contribution >= 0.6 is 27.3 Å². The van der Waals surface area contributed by atoms with Crippen LogP contribution in [0.15, 0.2) is 28.7 Å². The molecule has 0 unspecified atom stereocenters. The van der Waals surface area contributed by atoms with Crippen LogP contribution in [0.4, 0.5) is 0 Å². The van der Waals surface area contributed by atoms with E-state index in [2.05, 4.69) is 45.1 Å². The SMILES string of the molecule is CC(C)c1nnc2sc(-c3ccccc3Br)nn12. The largest absolute Gasteiger partial charge is 0.234 e. The normalized spacial score (nSPS) is 11.6. The molecular formula is C12H11BrN4S. The minimum absolute atomic E-state index is 0.314. The Kier molecular flexibility index (Phi) is 2.91. The van der Waals surface area contributed by atoms with Crippen LogP contribution in [-0.4, -0.2) is 19.8 Å². The molecule has 6 heteroatoms. The average molecular weight is 323 g/mol. The summed E-state index contributed by atoms with van der Waals surface area (Å²) in [6, 6.07) is 8.06. The third kappa shape index (κ3) is 1.85. The van der Waals surface area contributed by atoms with Gasteiger partial charge in [0, 0.05) is 16.0 Å². The van der Waals surface area contributed by atoms with Gasteiger partial charge in [-0.05, 0) is 6.07 Å². The highest BCUT2D eigenvalue weighted by atomic mass is 79.9. The van der Waals surface area contributed by atoms with Crippen molar-refractivity contribution in [1.29, 1.82) is 0 Å². The molecule has 0 saturated carbocycles. The molecule has 4 nitrogen and oxygen atoms in total. The molecule has 0 fully saturated rings. The molecule has 0 saturated heterocycles. The quantitative estimate of drug-likeness (QED) is 0.721. The molecule has 0 aliphatic rings. The molecule has 2 aromatic heterocycles. The van der Waals surface area contributed by atoms with Crippen LogP contribution in [0, 0.1) is 0 Å². The zero-order chi connectivity index (χ0) is 12.7. The number of fused-ring (bicyclic) bond motifs is 1. The predicted molar refractivity (Wildman–Crippen MR) is 75.9 cm³/mol. The van der Waals surface area contributed by atoms with Gasteiger partial charge in [-0.3, -0.25) is 0 Å². The van der Waals surface area contributed by atoms with Gasteiger partial charge in [0.15, 0.2) is 5.82 Å². The first-order valence-electron chi connectivity index (χ1n) is 5.64.